The summed E-state index contributed by atoms with van der Waals surface area (Å²) in [5.41, 5.74) is 0. The van der Waals surface area contributed by atoms with Gasteiger partial charge in [-0.25, -0.2) is 4.98 Å². The normalized spacial score (nSPS) is 17.5. The van der Waals surface area contributed by atoms with Crippen molar-refractivity contribution in [3.05, 3.63) is 12.5 Å². The molecule has 0 unspecified atom stereocenters. The zero-order valence-electron chi connectivity index (χ0n) is 6.30. The van der Waals surface area contributed by atoms with Gasteiger partial charge >= 0.3 is 5.97 Å². The molecule has 1 aliphatic rings. The first kappa shape index (κ1) is 7.15. The van der Waals surface area contributed by atoms with Crippen LogP contribution in [-0.2, 0) is 4.79 Å². The fourth-order valence-electron chi connectivity index (χ4n) is 1.16. The number of carboxylic acids is 1. The lowest BCUT2D eigenvalue weighted by Crippen LogP contribution is -2.50. The van der Waals surface area contributed by atoms with Crippen molar-refractivity contribution in [2.45, 2.75) is 0 Å². The molecule has 2 heterocycles. The summed E-state index contributed by atoms with van der Waals surface area (Å²) >= 11 is 0. The molecule has 12 heavy (non-hydrogen) atoms. The zero-order valence-corrected chi connectivity index (χ0v) is 6.30. The van der Waals surface area contributed by atoms with Gasteiger partial charge in [-0.2, -0.15) is 0 Å². The van der Waals surface area contributed by atoms with E-state index in [0.29, 0.717) is 19.1 Å². The molecule has 0 saturated carbocycles. The number of hydrogen-bond acceptors (Lipinski definition) is 4. The van der Waals surface area contributed by atoms with Crippen molar-refractivity contribution in [3.63, 3.8) is 0 Å². The average Bonchev–Trinajstić information content (AvgIpc) is 2.34. The molecular weight excluding hydrogens is 160 g/mol. The van der Waals surface area contributed by atoms with Crippen LogP contribution in [-0.4, -0.2) is 29.1 Å². The van der Waals surface area contributed by atoms with Gasteiger partial charge in [-0.05, 0) is 0 Å². The lowest BCUT2D eigenvalue weighted by Gasteiger charge is -2.35. The van der Waals surface area contributed by atoms with Crippen LogP contribution in [0.3, 0.4) is 0 Å². The number of anilines is 1. The van der Waals surface area contributed by atoms with Crippen LogP contribution in [0.2, 0.25) is 0 Å². The maximum Gasteiger partial charge on any atom is 0.310 e. The summed E-state index contributed by atoms with van der Waals surface area (Å²) in [6, 6.07) is 0.507. The summed E-state index contributed by atoms with van der Waals surface area (Å²) in [4.78, 5) is 16.1. The predicted molar refractivity (Wildman–Crippen MR) is 39.8 cm³/mol. The van der Waals surface area contributed by atoms with Gasteiger partial charge in [0.05, 0.1) is 12.1 Å². The fraction of sp³-hybridized carbons (Fsp3) is 0.429. The Hall–Kier alpha value is -1.52. The van der Waals surface area contributed by atoms with Gasteiger partial charge in [0.2, 0.25) is 0 Å². The van der Waals surface area contributed by atoms with Crippen LogP contribution in [0.15, 0.2) is 16.9 Å². The zero-order chi connectivity index (χ0) is 8.55. The molecule has 1 aliphatic heterocycles. The van der Waals surface area contributed by atoms with E-state index in [1.807, 2.05) is 0 Å². The highest BCUT2D eigenvalue weighted by atomic mass is 16.4. The second-order valence-electron chi connectivity index (χ2n) is 2.75. The van der Waals surface area contributed by atoms with Gasteiger partial charge in [0.25, 0.3) is 6.01 Å². The van der Waals surface area contributed by atoms with Gasteiger partial charge in [0, 0.05) is 13.1 Å². The Labute approximate surface area is 68.6 Å². The third-order valence-corrected chi connectivity index (χ3v) is 1.92. The maximum atomic E-state index is 10.4. The van der Waals surface area contributed by atoms with Crippen LogP contribution >= 0.6 is 0 Å². The lowest BCUT2D eigenvalue weighted by atomic mass is 10.0. The topological polar surface area (TPSA) is 66.6 Å². The Bertz CT molecular complexity index is 277. The molecule has 1 saturated heterocycles. The fourth-order valence-corrected chi connectivity index (χ4v) is 1.16. The first-order valence-corrected chi connectivity index (χ1v) is 3.64. The molecule has 1 N–H and O–H groups in total. The highest BCUT2D eigenvalue weighted by molar-refractivity contribution is 5.73. The lowest BCUT2D eigenvalue weighted by molar-refractivity contribution is -0.142. The summed E-state index contributed by atoms with van der Waals surface area (Å²) in [6.07, 6.45) is 3.02. The molecule has 1 fully saturated rings. The third-order valence-electron chi connectivity index (χ3n) is 1.92. The molecule has 0 radical (unpaired) electrons. The van der Waals surface area contributed by atoms with E-state index in [4.69, 9.17) is 9.52 Å². The molecule has 0 aromatic carbocycles. The summed E-state index contributed by atoms with van der Waals surface area (Å²) in [7, 11) is 0. The van der Waals surface area contributed by atoms with Crippen molar-refractivity contribution < 1.29 is 14.3 Å². The van der Waals surface area contributed by atoms with E-state index in [9.17, 15) is 4.79 Å². The van der Waals surface area contributed by atoms with Crippen molar-refractivity contribution in [3.8, 4) is 0 Å². The molecule has 1 aromatic rings. The Morgan fingerprint density at radius 3 is 3.00 bits per heavy atom. The molecule has 64 valence electrons. The van der Waals surface area contributed by atoms with E-state index in [1.165, 1.54) is 6.26 Å². The molecule has 5 heteroatoms. The van der Waals surface area contributed by atoms with Gasteiger partial charge in [0.1, 0.15) is 6.26 Å². The van der Waals surface area contributed by atoms with Crippen molar-refractivity contribution >= 4 is 12.0 Å². The number of aromatic nitrogens is 1. The van der Waals surface area contributed by atoms with Crippen LogP contribution in [0.5, 0.6) is 0 Å². The van der Waals surface area contributed by atoms with E-state index in [0.717, 1.165) is 0 Å². The van der Waals surface area contributed by atoms with Crippen molar-refractivity contribution in [2.24, 2.45) is 5.92 Å². The number of aliphatic carboxylic acids is 1. The molecule has 0 aliphatic carbocycles. The van der Waals surface area contributed by atoms with Crippen LogP contribution in [0.4, 0.5) is 6.01 Å². The minimum absolute atomic E-state index is 0.267. The summed E-state index contributed by atoms with van der Waals surface area (Å²) in [5, 5.41) is 8.57. The van der Waals surface area contributed by atoms with Crippen molar-refractivity contribution in [1.29, 1.82) is 0 Å². The first-order chi connectivity index (χ1) is 5.77. The highest BCUT2D eigenvalue weighted by Gasteiger charge is 2.34. The second kappa shape index (κ2) is 2.51. The molecule has 1 aromatic heterocycles. The number of nitrogens with zero attached hydrogens (tertiary/aromatic N) is 2. The number of carbonyl (C=O) groups is 1. The number of rotatable bonds is 2. The largest absolute Gasteiger partial charge is 0.481 e. The summed E-state index contributed by atoms with van der Waals surface area (Å²) < 4.78 is 4.99. The van der Waals surface area contributed by atoms with E-state index in [-0.39, 0.29) is 5.92 Å². The maximum absolute atomic E-state index is 10.4. The van der Waals surface area contributed by atoms with Crippen LogP contribution in [0, 0.1) is 5.92 Å². The Balaban J connectivity index is 1.94. The van der Waals surface area contributed by atoms with Gasteiger partial charge in [-0.3, -0.25) is 4.79 Å². The molecule has 2 rings (SSSR count). The SMILES string of the molecule is O=C(O)C1CN(c2ncco2)C1. The van der Waals surface area contributed by atoms with E-state index < -0.39 is 5.97 Å². The van der Waals surface area contributed by atoms with Crippen LogP contribution in [0.25, 0.3) is 0 Å². The quantitative estimate of drug-likeness (QED) is 0.683. The monoisotopic (exact) mass is 168 g/mol. The van der Waals surface area contributed by atoms with E-state index >= 15 is 0 Å². The van der Waals surface area contributed by atoms with E-state index in [2.05, 4.69) is 4.98 Å². The molecule has 0 atom stereocenters. The standard InChI is InChI=1S/C7H8N2O3/c10-6(11)5-3-9(4-5)7-8-1-2-12-7/h1-2,5H,3-4H2,(H,10,11). The van der Waals surface area contributed by atoms with Gasteiger partial charge in [-0.15, -0.1) is 0 Å². The van der Waals surface area contributed by atoms with Gasteiger partial charge in [0.15, 0.2) is 0 Å². The minimum atomic E-state index is -0.752. The van der Waals surface area contributed by atoms with Gasteiger partial charge < -0.3 is 14.4 Å². The van der Waals surface area contributed by atoms with Gasteiger partial charge in [-0.1, -0.05) is 0 Å². The van der Waals surface area contributed by atoms with Crippen molar-refractivity contribution in [1.82, 2.24) is 4.98 Å². The first-order valence-electron chi connectivity index (χ1n) is 3.64. The number of hydrogen-bond donors (Lipinski definition) is 1. The molecular formula is C7H8N2O3. The summed E-state index contributed by atoms with van der Waals surface area (Å²) in [6.45, 7) is 0.992. The Morgan fingerprint density at radius 1 is 1.75 bits per heavy atom. The summed E-state index contributed by atoms with van der Waals surface area (Å²) in [5.74, 6) is -1.02. The number of carboxylic acid groups (broad SMARTS) is 1. The van der Waals surface area contributed by atoms with Crippen LogP contribution < -0.4 is 4.90 Å². The van der Waals surface area contributed by atoms with Crippen molar-refractivity contribution in [2.75, 3.05) is 18.0 Å². The average molecular weight is 168 g/mol. The minimum Gasteiger partial charge on any atom is -0.481 e. The predicted octanol–water partition coefficient (Wildman–Crippen LogP) is 0.195. The Morgan fingerprint density at radius 2 is 2.50 bits per heavy atom. The smallest absolute Gasteiger partial charge is 0.310 e. The molecule has 5 nitrogen and oxygen atoms in total. The Kier molecular flexibility index (Phi) is 1.49. The molecule has 0 amide bonds. The third kappa shape index (κ3) is 1.03. The molecule has 0 spiro atoms. The highest BCUT2D eigenvalue weighted by Crippen LogP contribution is 2.22. The number of oxazole rings is 1. The van der Waals surface area contributed by atoms with Crippen LogP contribution in [0.1, 0.15) is 0 Å². The van der Waals surface area contributed by atoms with E-state index in [1.54, 1.807) is 11.1 Å². The molecule has 0 bridgehead atoms. The second-order valence-corrected chi connectivity index (χ2v) is 2.75.